The van der Waals surface area contributed by atoms with Crippen LogP contribution in [0, 0.1) is 6.92 Å². The Morgan fingerprint density at radius 1 is 0.981 bits per heavy atom. The summed E-state index contributed by atoms with van der Waals surface area (Å²) in [6, 6.07) is 19.6. The highest BCUT2D eigenvalue weighted by molar-refractivity contribution is 6.31. The highest BCUT2D eigenvalue weighted by Crippen LogP contribution is 2.37. The van der Waals surface area contributed by atoms with E-state index in [4.69, 9.17) is 16.3 Å². The van der Waals surface area contributed by atoms with Crippen molar-refractivity contribution in [2.24, 2.45) is 7.05 Å². The van der Waals surface area contributed by atoms with Crippen molar-refractivity contribution in [3.8, 4) is 17.0 Å². The number of benzene rings is 3. The molecule has 10 nitrogen and oxygen atoms in total. The molecule has 1 saturated heterocycles. The van der Waals surface area contributed by atoms with Crippen LogP contribution in [0.1, 0.15) is 37.5 Å². The van der Waals surface area contributed by atoms with Gasteiger partial charge in [-0.2, -0.15) is 18.3 Å². The first-order valence-electron chi connectivity index (χ1n) is 17.2. The smallest absolute Gasteiger partial charge is 0.406 e. The van der Waals surface area contributed by atoms with Crippen LogP contribution in [-0.4, -0.2) is 86.1 Å². The molecule has 0 saturated carbocycles. The molecule has 2 aliphatic rings. The second-order valence-electron chi connectivity index (χ2n) is 13.4. The lowest BCUT2D eigenvalue weighted by atomic mass is 9.92. The molecule has 0 radical (unpaired) electrons. The fourth-order valence-electron chi connectivity index (χ4n) is 7.24. The fourth-order valence-corrected chi connectivity index (χ4v) is 7.41. The Kier molecular flexibility index (Phi) is 10.1. The van der Waals surface area contributed by atoms with Gasteiger partial charge in [0.25, 0.3) is 11.8 Å². The maximum atomic E-state index is 14.8. The van der Waals surface area contributed by atoms with E-state index in [0.29, 0.717) is 44.1 Å². The number of nitrogens with zero attached hydrogens (tertiary/aromatic N) is 6. The van der Waals surface area contributed by atoms with E-state index in [1.807, 2.05) is 18.2 Å². The first-order valence-corrected chi connectivity index (χ1v) is 17.6. The SMILES string of the molecule is Cc1c(C(=O)N(c2ccc(O)cc2)c2cnn(C)c2)cc(-c2cc(Cl)ccc2C(=O)N2Cc3ccccc3C[C@H]2CN2CCOCC2)n1CC(F)(F)F. The van der Waals surface area contributed by atoms with E-state index in [1.165, 1.54) is 59.1 Å². The van der Waals surface area contributed by atoms with Crippen molar-refractivity contribution in [2.45, 2.75) is 38.7 Å². The Hall–Kier alpha value is -5.11. The van der Waals surface area contributed by atoms with E-state index in [-0.39, 0.29) is 50.8 Å². The Morgan fingerprint density at radius 2 is 1.70 bits per heavy atom. The number of amides is 2. The van der Waals surface area contributed by atoms with E-state index in [2.05, 4.69) is 16.1 Å². The van der Waals surface area contributed by atoms with Crippen molar-refractivity contribution in [3.63, 3.8) is 0 Å². The van der Waals surface area contributed by atoms with Crippen molar-refractivity contribution in [1.82, 2.24) is 24.1 Å². The molecule has 0 unspecified atom stereocenters. The molecule has 0 spiro atoms. The molecule has 14 heteroatoms. The number of carbonyl (C=O) groups is 2. The molecule has 2 amide bonds. The van der Waals surface area contributed by atoms with E-state index in [0.717, 1.165) is 28.8 Å². The van der Waals surface area contributed by atoms with E-state index < -0.39 is 18.6 Å². The zero-order chi connectivity index (χ0) is 37.4. The Balaban J connectivity index is 1.33. The van der Waals surface area contributed by atoms with Gasteiger partial charge in [-0.05, 0) is 73.0 Å². The monoisotopic (exact) mass is 746 g/mol. The molecule has 1 atom stereocenters. The molecule has 7 rings (SSSR count). The second kappa shape index (κ2) is 14.7. The number of anilines is 2. The minimum atomic E-state index is -4.67. The number of alkyl halides is 3. The topological polar surface area (TPSA) is 96.1 Å². The quantitative estimate of drug-likeness (QED) is 0.184. The van der Waals surface area contributed by atoms with Gasteiger partial charge in [0, 0.05) is 73.0 Å². The number of halogens is 4. The van der Waals surface area contributed by atoms with Crippen LogP contribution in [0.2, 0.25) is 5.02 Å². The molecule has 53 heavy (non-hydrogen) atoms. The number of aryl methyl sites for hydroxylation is 1. The summed E-state index contributed by atoms with van der Waals surface area (Å²) in [6.07, 6.45) is -0.982. The van der Waals surface area contributed by atoms with Crippen LogP contribution in [0.5, 0.6) is 5.75 Å². The lowest BCUT2D eigenvalue weighted by Crippen LogP contribution is -2.52. The van der Waals surface area contributed by atoms with Crippen LogP contribution in [-0.2, 0) is 31.3 Å². The molecule has 5 aromatic rings. The highest BCUT2D eigenvalue weighted by Gasteiger charge is 2.36. The summed E-state index contributed by atoms with van der Waals surface area (Å²) in [6.45, 7) is 3.62. The second-order valence-corrected chi connectivity index (χ2v) is 13.9. The molecule has 276 valence electrons. The van der Waals surface area contributed by atoms with Crippen molar-refractivity contribution in [1.29, 1.82) is 0 Å². The first kappa shape index (κ1) is 36.3. The fraction of sp³-hybridized carbons (Fsp3) is 0.308. The van der Waals surface area contributed by atoms with Gasteiger partial charge in [-0.3, -0.25) is 24.1 Å². The van der Waals surface area contributed by atoms with E-state index >= 15 is 0 Å². The van der Waals surface area contributed by atoms with E-state index in [1.54, 1.807) is 30.3 Å². The molecule has 4 heterocycles. The standard InChI is InChI=1S/C39H38ClF3N6O4/c1-25-34(38(52)49(31-20-44-45(2)22-31)29-8-10-32(50)11-9-29)19-36(48(25)24-39(41,42)43)35-18-28(40)7-12-33(35)37(51)47-21-27-6-4-3-5-26(27)17-30(47)23-46-13-15-53-16-14-46/h3-12,18-20,22,30,50H,13-17,21,23-24H2,1-2H3/t30-/m0/s1. The molecule has 3 aromatic carbocycles. The predicted octanol–water partition coefficient (Wildman–Crippen LogP) is 7.00. The Bertz CT molecular complexity index is 2140. The Morgan fingerprint density at radius 3 is 2.38 bits per heavy atom. The normalized spacial score (nSPS) is 16.4. The minimum absolute atomic E-state index is 0.0170. The third-order valence-electron chi connectivity index (χ3n) is 9.87. The van der Waals surface area contributed by atoms with Crippen molar-refractivity contribution in [3.05, 3.63) is 118 Å². The van der Waals surface area contributed by atoms with Crippen LogP contribution >= 0.6 is 11.6 Å². The lowest BCUT2D eigenvalue weighted by Gasteiger charge is -2.40. The van der Waals surface area contributed by atoms with Gasteiger partial charge in [-0.1, -0.05) is 35.9 Å². The number of morpholine rings is 1. The van der Waals surface area contributed by atoms with Gasteiger partial charge >= 0.3 is 6.18 Å². The van der Waals surface area contributed by atoms with E-state index in [9.17, 15) is 27.9 Å². The average Bonchev–Trinajstić information content (AvgIpc) is 3.70. The number of aromatic hydroxyl groups is 1. The van der Waals surface area contributed by atoms with Crippen LogP contribution in [0.3, 0.4) is 0 Å². The summed E-state index contributed by atoms with van der Waals surface area (Å²) in [4.78, 5) is 34.7. The van der Waals surface area contributed by atoms with Gasteiger partial charge in [-0.15, -0.1) is 0 Å². The number of hydrogen-bond donors (Lipinski definition) is 1. The van der Waals surface area contributed by atoms with Gasteiger partial charge in [-0.25, -0.2) is 0 Å². The number of carbonyl (C=O) groups excluding carboxylic acids is 2. The molecular weight excluding hydrogens is 709 g/mol. The largest absolute Gasteiger partial charge is 0.508 e. The number of ether oxygens (including phenoxy) is 1. The van der Waals surface area contributed by atoms with Crippen LogP contribution < -0.4 is 4.90 Å². The average molecular weight is 747 g/mol. The maximum Gasteiger partial charge on any atom is 0.406 e. The zero-order valence-electron chi connectivity index (χ0n) is 29.2. The molecule has 2 aliphatic heterocycles. The predicted molar refractivity (Wildman–Crippen MR) is 195 cm³/mol. The number of rotatable bonds is 8. The Labute approximate surface area is 309 Å². The van der Waals surface area contributed by atoms with Gasteiger partial charge < -0.3 is 19.3 Å². The number of hydrogen-bond acceptors (Lipinski definition) is 6. The van der Waals surface area contributed by atoms with Gasteiger partial charge in [0.1, 0.15) is 12.3 Å². The van der Waals surface area contributed by atoms with Crippen LogP contribution in [0.25, 0.3) is 11.3 Å². The van der Waals surface area contributed by atoms with Gasteiger partial charge in [0.15, 0.2) is 0 Å². The third kappa shape index (κ3) is 7.68. The molecule has 1 fully saturated rings. The molecule has 0 bridgehead atoms. The van der Waals surface area contributed by atoms with Crippen molar-refractivity contribution >= 4 is 34.8 Å². The van der Waals surface area contributed by atoms with Gasteiger partial charge in [0.05, 0.1) is 36.4 Å². The number of phenolic OH excluding ortho intramolecular Hbond substituents is 1. The minimum Gasteiger partial charge on any atom is -0.508 e. The summed E-state index contributed by atoms with van der Waals surface area (Å²) in [5.74, 6) is -1.00. The number of fused-ring (bicyclic) bond motifs is 1. The zero-order valence-corrected chi connectivity index (χ0v) is 29.9. The molecular formula is C39H38ClF3N6O4. The summed E-state index contributed by atoms with van der Waals surface area (Å²) in [7, 11) is 1.68. The summed E-state index contributed by atoms with van der Waals surface area (Å²) in [5.41, 5.74) is 3.27. The van der Waals surface area contributed by atoms with Crippen molar-refractivity contribution in [2.75, 3.05) is 37.7 Å². The molecule has 0 aliphatic carbocycles. The summed E-state index contributed by atoms with van der Waals surface area (Å²) < 4.78 is 51.1. The third-order valence-corrected chi connectivity index (χ3v) is 10.1. The number of aromatic nitrogens is 3. The first-order chi connectivity index (χ1) is 25.4. The van der Waals surface area contributed by atoms with Crippen molar-refractivity contribution < 1.29 is 32.6 Å². The van der Waals surface area contributed by atoms with Crippen LogP contribution in [0.4, 0.5) is 24.5 Å². The summed E-state index contributed by atoms with van der Waals surface area (Å²) in [5, 5.41) is 14.4. The number of phenols is 1. The lowest BCUT2D eigenvalue weighted by molar-refractivity contribution is -0.140. The van der Waals surface area contributed by atoms with Gasteiger partial charge in [0.2, 0.25) is 0 Å². The molecule has 1 N–H and O–H groups in total. The molecule has 2 aromatic heterocycles. The van der Waals surface area contributed by atoms with Crippen LogP contribution in [0.15, 0.2) is 85.2 Å². The maximum absolute atomic E-state index is 14.8. The summed E-state index contributed by atoms with van der Waals surface area (Å²) >= 11 is 6.52. The highest BCUT2D eigenvalue weighted by atomic mass is 35.5.